The first kappa shape index (κ1) is 16.5. The van der Waals surface area contributed by atoms with Crippen molar-refractivity contribution in [2.45, 2.75) is 23.1 Å². The second kappa shape index (κ2) is 7.50. The summed E-state index contributed by atoms with van der Waals surface area (Å²) in [5.41, 5.74) is 3.63. The summed E-state index contributed by atoms with van der Waals surface area (Å²) in [6.45, 7) is 4.04. The molecule has 1 amide bonds. The molecule has 2 aliphatic rings. The maximum Gasteiger partial charge on any atom is 0.234 e. The van der Waals surface area contributed by atoms with Gasteiger partial charge in [-0.25, -0.2) is 0 Å². The van der Waals surface area contributed by atoms with Crippen LogP contribution in [0.15, 0.2) is 53.4 Å². The van der Waals surface area contributed by atoms with E-state index < -0.39 is 0 Å². The van der Waals surface area contributed by atoms with Crippen LogP contribution in [-0.2, 0) is 22.5 Å². The zero-order valence-corrected chi connectivity index (χ0v) is 14.9. The predicted molar refractivity (Wildman–Crippen MR) is 101 cm³/mol. The third-order valence-electron chi connectivity index (χ3n) is 4.72. The minimum atomic E-state index is -0.00924. The van der Waals surface area contributed by atoms with E-state index in [1.165, 1.54) is 16.1 Å². The van der Waals surface area contributed by atoms with Gasteiger partial charge in [-0.1, -0.05) is 30.3 Å². The standard InChI is InChI=1S/C20H22N2O2S/c23-20(19-13-16-3-1-2-4-18(16)25-19)21-14-15-5-7-17(8-6-15)22-9-11-24-12-10-22/h1-8,19H,9-14H2,(H,21,23). The number of ether oxygens (including phenoxy) is 1. The number of carbonyl (C=O) groups is 1. The first-order valence-electron chi connectivity index (χ1n) is 8.73. The molecule has 1 fully saturated rings. The first-order valence-corrected chi connectivity index (χ1v) is 9.61. The molecular weight excluding hydrogens is 332 g/mol. The minimum Gasteiger partial charge on any atom is -0.378 e. The summed E-state index contributed by atoms with van der Waals surface area (Å²) in [4.78, 5) is 16.0. The van der Waals surface area contributed by atoms with Crippen LogP contribution in [0, 0.1) is 0 Å². The molecule has 0 spiro atoms. The summed E-state index contributed by atoms with van der Waals surface area (Å²) in [6.07, 6.45) is 0.822. The van der Waals surface area contributed by atoms with Crippen molar-refractivity contribution < 1.29 is 9.53 Å². The Balaban J connectivity index is 1.30. The summed E-state index contributed by atoms with van der Waals surface area (Å²) in [5.74, 6) is 0.124. The van der Waals surface area contributed by atoms with Gasteiger partial charge in [-0.05, 0) is 35.7 Å². The average Bonchev–Trinajstić information content (AvgIpc) is 3.11. The number of morpholine rings is 1. The van der Waals surface area contributed by atoms with Gasteiger partial charge in [-0.15, -0.1) is 11.8 Å². The highest BCUT2D eigenvalue weighted by atomic mass is 32.2. The Labute approximate surface area is 152 Å². The molecular formula is C20H22N2O2S. The molecule has 2 aromatic carbocycles. The Morgan fingerprint density at radius 3 is 2.64 bits per heavy atom. The van der Waals surface area contributed by atoms with Crippen LogP contribution in [0.3, 0.4) is 0 Å². The van der Waals surface area contributed by atoms with E-state index in [0.29, 0.717) is 6.54 Å². The van der Waals surface area contributed by atoms with E-state index in [0.717, 1.165) is 38.3 Å². The number of nitrogens with one attached hydrogen (secondary N) is 1. The van der Waals surface area contributed by atoms with Gasteiger partial charge in [0, 0.05) is 30.2 Å². The van der Waals surface area contributed by atoms with Crippen LogP contribution in [0.2, 0.25) is 0 Å². The highest BCUT2D eigenvalue weighted by Crippen LogP contribution is 2.36. The zero-order valence-electron chi connectivity index (χ0n) is 14.1. The van der Waals surface area contributed by atoms with Gasteiger partial charge in [-0.3, -0.25) is 4.79 Å². The van der Waals surface area contributed by atoms with Crippen LogP contribution >= 0.6 is 11.8 Å². The highest BCUT2D eigenvalue weighted by Gasteiger charge is 2.27. The Morgan fingerprint density at radius 2 is 1.88 bits per heavy atom. The number of thioether (sulfide) groups is 1. The summed E-state index contributed by atoms with van der Waals surface area (Å²) in [7, 11) is 0. The van der Waals surface area contributed by atoms with Crippen LogP contribution in [0.25, 0.3) is 0 Å². The van der Waals surface area contributed by atoms with E-state index in [2.05, 4.69) is 46.6 Å². The van der Waals surface area contributed by atoms with Crippen molar-refractivity contribution in [2.24, 2.45) is 0 Å². The van der Waals surface area contributed by atoms with Gasteiger partial charge >= 0.3 is 0 Å². The molecule has 130 valence electrons. The molecule has 4 nitrogen and oxygen atoms in total. The van der Waals surface area contributed by atoms with E-state index in [9.17, 15) is 4.79 Å². The third kappa shape index (κ3) is 3.83. The van der Waals surface area contributed by atoms with Crippen molar-refractivity contribution in [2.75, 3.05) is 31.2 Å². The van der Waals surface area contributed by atoms with Crippen LogP contribution < -0.4 is 10.2 Å². The number of hydrogen-bond acceptors (Lipinski definition) is 4. The highest BCUT2D eigenvalue weighted by molar-refractivity contribution is 8.01. The van der Waals surface area contributed by atoms with E-state index in [4.69, 9.17) is 4.74 Å². The van der Waals surface area contributed by atoms with Crippen LogP contribution in [0.5, 0.6) is 0 Å². The Kier molecular flexibility index (Phi) is 4.95. The van der Waals surface area contributed by atoms with Crippen LogP contribution in [-0.4, -0.2) is 37.5 Å². The molecule has 2 aliphatic heterocycles. The second-order valence-electron chi connectivity index (χ2n) is 6.40. The number of anilines is 1. The molecule has 1 saturated heterocycles. The molecule has 0 radical (unpaired) electrons. The van der Waals surface area contributed by atoms with Crippen molar-refractivity contribution in [1.29, 1.82) is 0 Å². The van der Waals surface area contributed by atoms with Gasteiger partial charge in [0.1, 0.15) is 0 Å². The lowest BCUT2D eigenvalue weighted by Crippen LogP contribution is -2.36. The summed E-state index contributed by atoms with van der Waals surface area (Å²) in [5, 5.41) is 3.07. The molecule has 2 aromatic rings. The number of amides is 1. The summed E-state index contributed by atoms with van der Waals surface area (Å²) < 4.78 is 5.39. The molecule has 5 heteroatoms. The normalized spacial score (nSPS) is 19.5. The van der Waals surface area contributed by atoms with Gasteiger partial charge in [0.15, 0.2) is 0 Å². The quantitative estimate of drug-likeness (QED) is 0.917. The number of hydrogen-bond donors (Lipinski definition) is 1. The predicted octanol–water partition coefficient (Wildman–Crippen LogP) is 2.86. The number of benzene rings is 2. The first-order chi connectivity index (χ1) is 12.3. The van der Waals surface area contributed by atoms with Crippen molar-refractivity contribution in [1.82, 2.24) is 5.32 Å². The molecule has 1 unspecified atom stereocenters. The molecule has 0 aliphatic carbocycles. The lowest BCUT2D eigenvalue weighted by Gasteiger charge is -2.28. The maximum atomic E-state index is 12.4. The fourth-order valence-electron chi connectivity index (χ4n) is 3.28. The van der Waals surface area contributed by atoms with Gasteiger partial charge in [-0.2, -0.15) is 0 Å². The molecule has 0 saturated carbocycles. The maximum absolute atomic E-state index is 12.4. The van der Waals surface area contributed by atoms with Crippen LogP contribution in [0.1, 0.15) is 11.1 Å². The van der Waals surface area contributed by atoms with Gasteiger partial charge in [0.2, 0.25) is 5.91 Å². The van der Waals surface area contributed by atoms with E-state index in [1.807, 2.05) is 12.1 Å². The van der Waals surface area contributed by atoms with Crippen molar-refractivity contribution in [3.63, 3.8) is 0 Å². The molecule has 2 heterocycles. The SMILES string of the molecule is O=C(NCc1ccc(N2CCOCC2)cc1)C1Cc2ccccc2S1. The average molecular weight is 354 g/mol. The number of nitrogens with zero attached hydrogens (tertiary/aromatic N) is 1. The fourth-order valence-corrected chi connectivity index (χ4v) is 4.50. The van der Waals surface area contributed by atoms with Crippen molar-refractivity contribution in [3.8, 4) is 0 Å². The van der Waals surface area contributed by atoms with E-state index in [-0.39, 0.29) is 11.2 Å². The molecule has 0 bridgehead atoms. The largest absolute Gasteiger partial charge is 0.378 e. The molecule has 4 rings (SSSR count). The van der Waals surface area contributed by atoms with Crippen molar-refractivity contribution >= 4 is 23.4 Å². The fraction of sp³-hybridized carbons (Fsp3) is 0.350. The Hall–Kier alpha value is -1.98. The number of fused-ring (bicyclic) bond motifs is 1. The lowest BCUT2D eigenvalue weighted by atomic mass is 10.1. The molecule has 25 heavy (non-hydrogen) atoms. The van der Waals surface area contributed by atoms with E-state index >= 15 is 0 Å². The van der Waals surface area contributed by atoms with Crippen molar-refractivity contribution in [3.05, 3.63) is 59.7 Å². The number of rotatable bonds is 4. The van der Waals surface area contributed by atoms with Crippen LogP contribution in [0.4, 0.5) is 5.69 Å². The van der Waals surface area contributed by atoms with Gasteiger partial charge in [0.25, 0.3) is 0 Å². The lowest BCUT2D eigenvalue weighted by molar-refractivity contribution is -0.120. The minimum absolute atomic E-state index is 0.00924. The Morgan fingerprint density at radius 1 is 1.12 bits per heavy atom. The summed E-state index contributed by atoms with van der Waals surface area (Å²) >= 11 is 1.67. The third-order valence-corrected chi connectivity index (χ3v) is 6.04. The monoisotopic (exact) mass is 354 g/mol. The molecule has 1 N–H and O–H groups in total. The second-order valence-corrected chi connectivity index (χ2v) is 7.65. The number of carbonyl (C=O) groups excluding carboxylic acids is 1. The van der Waals surface area contributed by atoms with E-state index in [1.54, 1.807) is 11.8 Å². The molecule has 1 atom stereocenters. The molecule has 0 aromatic heterocycles. The Bertz CT molecular complexity index is 717. The topological polar surface area (TPSA) is 41.6 Å². The van der Waals surface area contributed by atoms with Gasteiger partial charge in [0.05, 0.1) is 18.5 Å². The van der Waals surface area contributed by atoms with Gasteiger partial charge < -0.3 is 15.0 Å². The summed E-state index contributed by atoms with van der Waals surface area (Å²) in [6, 6.07) is 16.7. The zero-order chi connectivity index (χ0) is 17.1. The smallest absolute Gasteiger partial charge is 0.234 e.